The Bertz CT molecular complexity index is 1070. The van der Waals surface area contributed by atoms with Gasteiger partial charge in [-0.3, -0.25) is 18.8 Å². The van der Waals surface area contributed by atoms with Gasteiger partial charge in [0.2, 0.25) is 0 Å². The molecule has 1 saturated heterocycles. The van der Waals surface area contributed by atoms with Crippen molar-refractivity contribution in [3.63, 3.8) is 0 Å². The van der Waals surface area contributed by atoms with E-state index in [4.69, 9.17) is 0 Å². The lowest BCUT2D eigenvalue weighted by atomic mass is 10.2. The van der Waals surface area contributed by atoms with E-state index in [1.165, 1.54) is 17.3 Å². The van der Waals surface area contributed by atoms with Crippen molar-refractivity contribution in [3.8, 4) is 0 Å². The molecule has 0 atom stereocenters. The summed E-state index contributed by atoms with van der Waals surface area (Å²) in [5.74, 6) is 0. The average Bonchev–Trinajstić information content (AvgIpc) is 3.16. The molecule has 8 nitrogen and oxygen atoms in total. The van der Waals surface area contributed by atoms with Gasteiger partial charge in [0.05, 0.1) is 6.33 Å². The highest BCUT2D eigenvalue weighted by atomic mass is 16.2. The lowest BCUT2D eigenvalue weighted by Gasteiger charge is -2.36. The second kappa shape index (κ2) is 7.63. The van der Waals surface area contributed by atoms with Crippen LogP contribution in [0.5, 0.6) is 0 Å². The summed E-state index contributed by atoms with van der Waals surface area (Å²) in [5.41, 5.74) is 1.60. The van der Waals surface area contributed by atoms with Crippen LogP contribution < -0.4 is 16.1 Å². The number of hydrogen-bond donors (Lipinski definition) is 0. The minimum Gasteiger partial charge on any atom is -0.369 e. The number of nitrogens with zero attached hydrogens (tertiary/aromatic N) is 6. The van der Waals surface area contributed by atoms with E-state index in [2.05, 4.69) is 39.0 Å². The van der Waals surface area contributed by atoms with Crippen molar-refractivity contribution in [2.75, 3.05) is 37.6 Å². The van der Waals surface area contributed by atoms with Gasteiger partial charge in [-0.15, -0.1) is 0 Å². The first-order valence-corrected chi connectivity index (χ1v) is 9.69. The predicted octanol–water partition coefficient (Wildman–Crippen LogP) is 0.646. The average molecular weight is 382 g/mol. The molecule has 1 aromatic carbocycles. The Kier molecular flexibility index (Phi) is 5.04. The maximum absolute atomic E-state index is 12.5. The van der Waals surface area contributed by atoms with Gasteiger partial charge in [0.15, 0.2) is 11.2 Å². The zero-order valence-electron chi connectivity index (χ0n) is 16.4. The Labute approximate surface area is 163 Å². The van der Waals surface area contributed by atoms with Gasteiger partial charge in [-0.25, -0.2) is 9.78 Å². The van der Waals surface area contributed by atoms with Crippen LogP contribution in [0.1, 0.15) is 6.42 Å². The van der Waals surface area contributed by atoms with Gasteiger partial charge in [-0.2, -0.15) is 0 Å². The number of aromatic nitrogens is 4. The molecule has 0 unspecified atom stereocenters. The molecule has 3 heterocycles. The van der Waals surface area contributed by atoms with Crippen LogP contribution in [0.2, 0.25) is 0 Å². The van der Waals surface area contributed by atoms with E-state index in [9.17, 15) is 9.59 Å². The monoisotopic (exact) mass is 382 g/mol. The molecule has 1 fully saturated rings. The molecule has 0 bridgehead atoms. The molecule has 0 saturated carbocycles. The Morgan fingerprint density at radius 2 is 1.64 bits per heavy atom. The maximum atomic E-state index is 12.5. The van der Waals surface area contributed by atoms with Crippen LogP contribution >= 0.6 is 0 Å². The largest absolute Gasteiger partial charge is 0.369 e. The number of benzene rings is 1. The highest BCUT2D eigenvalue weighted by Crippen LogP contribution is 2.15. The number of rotatable bonds is 5. The van der Waals surface area contributed by atoms with Gasteiger partial charge in [-0.1, -0.05) is 18.2 Å². The molecule has 1 aliphatic heterocycles. The van der Waals surface area contributed by atoms with Gasteiger partial charge < -0.3 is 9.47 Å². The zero-order chi connectivity index (χ0) is 19.7. The van der Waals surface area contributed by atoms with E-state index in [1.807, 2.05) is 10.6 Å². The van der Waals surface area contributed by atoms with Crippen molar-refractivity contribution in [1.82, 2.24) is 23.6 Å². The standard InChI is InChI=1S/C20H26N6O2/c1-22-18-17(19(27)23(2)20(22)28)26(15-21-18)10-6-9-24-11-13-25(14-12-24)16-7-4-3-5-8-16/h3-5,7-8,15H,6,9-14H2,1-2H3. The smallest absolute Gasteiger partial charge is 0.332 e. The molecule has 0 aliphatic carbocycles. The third-order valence-electron chi connectivity index (χ3n) is 5.58. The van der Waals surface area contributed by atoms with Gasteiger partial charge in [0.1, 0.15) is 0 Å². The minimum atomic E-state index is -0.348. The van der Waals surface area contributed by atoms with Crippen molar-refractivity contribution >= 4 is 16.9 Å². The van der Waals surface area contributed by atoms with Crippen molar-refractivity contribution in [2.24, 2.45) is 14.1 Å². The molecule has 8 heteroatoms. The predicted molar refractivity (Wildman–Crippen MR) is 110 cm³/mol. The number of piperazine rings is 1. The summed E-state index contributed by atoms with van der Waals surface area (Å²) < 4.78 is 4.44. The first-order chi connectivity index (χ1) is 13.6. The minimum absolute atomic E-state index is 0.285. The van der Waals surface area contributed by atoms with E-state index in [0.29, 0.717) is 17.7 Å². The third-order valence-corrected chi connectivity index (χ3v) is 5.58. The molecule has 0 spiro atoms. The van der Waals surface area contributed by atoms with E-state index in [0.717, 1.165) is 43.7 Å². The van der Waals surface area contributed by atoms with E-state index in [-0.39, 0.29) is 11.2 Å². The Balaban J connectivity index is 1.36. The maximum Gasteiger partial charge on any atom is 0.332 e. The highest BCUT2D eigenvalue weighted by Gasteiger charge is 2.17. The summed E-state index contributed by atoms with van der Waals surface area (Å²) in [7, 11) is 3.15. The van der Waals surface area contributed by atoms with Gasteiger partial charge in [0.25, 0.3) is 5.56 Å². The number of hydrogen-bond acceptors (Lipinski definition) is 5. The van der Waals surface area contributed by atoms with Gasteiger partial charge in [0, 0.05) is 52.5 Å². The second-order valence-corrected chi connectivity index (χ2v) is 7.33. The number of fused-ring (bicyclic) bond motifs is 1. The summed E-state index contributed by atoms with van der Waals surface area (Å²) in [5, 5.41) is 0. The summed E-state index contributed by atoms with van der Waals surface area (Å²) >= 11 is 0. The Morgan fingerprint density at radius 1 is 0.929 bits per heavy atom. The lowest BCUT2D eigenvalue weighted by molar-refractivity contribution is 0.251. The summed E-state index contributed by atoms with van der Waals surface area (Å²) in [6.07, 6.45) is 2.60. The molecule has 0 amide bonds. The third kappa shape index (κ3) is 3.35. The van der Waals surface area contributed by atoms with Crippen LogP contribution in [0.25, 0.3) is 11.2 Å². The Morgan fingerprint density at radius 3 is 2.36 bits per heavy atom. The fourth-order valence-electron chi connectivity index (χ4n) is 3.90. The van der Waals surface area contributed by atoms with Crippen molar-refractivity contribution in [1.29, 1.82) is 0 Å². The van der Waals surface area contributed by atoms with E-state index >= 15 is 0 Å². The molecule has 28 heavy (non-hydrogen) atoms. The van der Waals surface area contributed by atoms with Crippen LogP contribution in [0.3, 0.4) is 0 Å². The molecule has 4 rings (SSSR count). The summed E-state index contributed by atoms with van der Waals surface area (Å²) in [6.45, 7) is 5.82. The van der Waals surface area contributed by atoms with E-state index < -0.39 is 0 Å². The Hall–Kier alpha value is -2.87. The molecular formula is C20H26N6O2. The van der Waals surface area contributed by atoms with Crippen LogP contribution in [0.15, 0.2) is 46.2 Å². The second-order valence-electron chi connectivity index (χ2n) is 7.33. The molecule has 1 aliphatic rings. The molecular weight excluding hydrogens is 356 g/mol. The first-order valence-electron chi connectivity index (χ1n) is 9.69. The van der Waals surface area contributed by atoms with Gasteiger partial charge in [-0.05, 0) is 25.1 Å². The molecule has 0 N–H and O–H groups in total. The number of imidazole rings is 1. The lowest BCUT2D eigenvalue weighted by Crippen LogP contribution is -2.46. The van der Waals surface area contributed by atoms with Crippen LogP contribution in [-0.2, 0) is 20.6 Å². The van der Waals surface area contributed by atoms with E-state index in [1.54, 1.807) is 13.4 Å². The summed E-state index contributed by atoms with van der Waals surface area (Å²) in [4.78, 5) is 33.7. The zero-order valence-corrected chi connectivity index (χ0v) is 16.4. The fourth-order valence-corrected chi connectivity index (χ4v) is 3.90. The fraction of sp³-hybridized carbons (Fsp3) is 0.450. The normalized spacial score (nSPS) is 15.4. The SMILES string of the molecule is Cn1c(=O)c2c(ncn2CCCN2CCN(c3ccccc3)CC2)n(C)c1=O. The number of anilines is 1. The number of aryl methyl sites for hydroxylation is 2. The van der Waals surface area contributed by atoms with Crippen molar-refractivity contribution < 1.29 is 0 Å². The quantitative estimate of drug-likeness (QED) is 0.648. The molecule has 3 aromatic rings. The first kappa shape index (κ1) is 18.5. The highest BCUT2D eigenvalue weighted by molar-refractivity contribution is 5.69. The van der Waals surface area contributed by atoms with Crippen molar-refractivity contribution in [2.45, 2.75) is 13.0 Å². The summed E-state index contributed by atoms with van der Waals surface area (Å²) in [6, 6.07) is 10.5. The van der Waals surface area contributed by atoms with Gasteiger partial charge >= 0.3 is 5.69 Å². The van der Waals surface area contributed by atoms with Crippen LogP contribution in [0, 0.1) is 0 Å². The molecule has 2 aromatic heterocycles. The molecule has 0 radical (unpaired) electrons. The van der Waals surface area contributed by atoms with Crippen LogP contribution in [-0.4, -0.2) is 56.3 Å². The number of para-hydroxylation sites is 1. The topological polar surface area (TPSA) is 68.3 Å². The molecule has 148 valence electrons. The van der Waals surface area contributed by atoms with Crippen molar-refractivity contribution in [3.05, 3.63) is 57.5 Å². The van der Waals surface area contributed by atoms with Crippen LogP contribution in [0.4, 0.5) is 5.69 Å².